The molecule has 21 heavy (non-hydrogen) atoms. The lowest BCUT2D eigenvalue weighted by Gasteiger charge is -2.17. The summed E-state index contributed by atoms with van der Waals surface area (Å²) in [5.41, 5.74) is 6.41. The third-order valence-corrected chi connectivity index (χ3v) is 4.25. The van der Waals surface area contributed by atoms with Crippen LogP contribution in [0.1, 0.15) is 25.3 Å². The number of thiocarbonyl (C=S) groups is 1. The Morgan fingerprint density at radius 3 is 2.76 bits per heavy atom. The SMILES string of the molecule is CC(O)C1CCN(CCCOc2ccc(C(N)=S)cc2)C1. The number of aliphatic hydroxyl groups excluding tert-OH is 1. The Bertz CT molecular complexity index is 462. The van der Waals surface area contributed by atoms with Crippen molar-refractivity contribution >= 4 is 17.2 Å². The van der Waals surface area contributed by atoms with Gasteiger partial charge in [-0.25, -0.2) is 0 Å². The predicted molar refractivity (Wildman–Crippen MR) is 88.7 cm³/mol. The Balaban J connectivity index is 1.65. The lowest BCUT2D eigenvalue weighted by molar-refractivity contribution is 0.127. The van der Waals surface area contributed by atoms with Gasteiger partial charge >= 0.3 is 0 Å². The molecule has 1 aliphatic rings. The second-order valence-corrected chi connectivity index (χ2v) is 6.12. The number of benzene rings is 1. The first-order chi connectivity index (χ1) is 10.1. The van der Waals surface area contributed by atoms with Crippen molar-refractivity contribution in [1.29, 1.82) is 0 Å². The van der Waals surface area contributed by atoms with E-state index in [9.17, 15) is 5.11 Å². The lowest BCUT2D eigenvalue weighted by atomic mass is 10.0. The van der Waals surface area contributed by atoms with Gasteiger partial charge in [-0.2, -0.15) is 0 Å². The van der Waals surface area contributed by atoms with Gasteiger partial charge in [0.05, 0.1) is 12.7 Å². The summed E-state index contributed by atoms with van der Waals surface area (Å²) in [6.45, 7) is 5.68. The normalized spacial score (nSPS) is 20.4. The molecule has 0 bridgehead atoms. The summed E-state index contributed by atoms with van der Waals surface area (Å²) >= 11 is 4.91. The Labute approximate surface area is 131 Å². The van der Waals surface area contributed by atoms with E-state index in [1.54, 1.807) is 0 Å². The second-order valence-electron chi connectivity index (χ2n) is 5.68. The van der Waals surface area contributed by atoms with Crippen molar-refractivity contribution in [1.82, 2.24) is 4.90 Å². The highest BCUT2D eigenvalue weighted by Crippen LogP contribution is 2.19. The number of ether oxygens (including phenoxy) is 1. The molecule has 0 spiro atoms. The number of rotatable bonds is 7. The number of hydrogen-bond donors (Lipinski definition) is 2. The fraction of sp³-hybridized carbons (Fsp3) is 0.562. The molecule has 5 heteroatoms. The lowest BCUT2D eigenvalue weighted by Crippen LogP contribution is -2.26. The van der Waals surface area contributed by atoms with Gasteiger partial charge in [0, 0.05) is 18.7 Å². The Hall–Kier alpha value is -1.17. The molecule has 4 nitrogen and oxygen atoms in total. The molecule has 2 unspecified atom stereocenters. The minimum absolute atomic E-state index is 0.196. The van der Waals surface area contributed by atoms with Crippen LogP contribution in [0, 0.1) is 5.92 Å². The van der Waals surface area contributed by atoms with Crippen molar-refractivity contribution in [2.24, 2.45) is 11.7 Å². The van der Waals surface area contributed by atoms with Crippen LogP contribution in [0.25, 0.3) is 0 Å². The van der Waals surface area contributed by atoms with Crippen molar-refractivity contribution in [3.8, 4) is 5.75 Å². The number of likely N-dealkylation sites (tertiary alicyclic amines) is 1. The first kappa shape index (κ1) is 16.2. The molecule has 2 rings (SSSR count). The van der Waals surface area contributed by atoms with Gasteiger partial charge in [0.1, 0.15) is 10.7 Å². The Kier molecular flexibility index (Phi) is 5.96. The van der Waals surface area contributed by atoms with E-state index < -0.39 is 0 Å². The number of hydrogen-bond acceptors (Lipinski definition) is 4. The molecule has 1 aliphatic heterocycles. The van der Waals surface area contributed by atoms with Crippen LogP contribution in [-0.4, -0.2) is 47.3 Å². The van der Waals surface area contributed by atoms with Crippen LogP contribution < -0.4 is 10.5 Å². The first-order valence-corrected chi connectivity index (χ1v) is 7.90. The smallest absolute Gasteiger partial charge is 0.119 e. The zero-order chi connectivity index (χ0) is 15.2. The summed E-state index contributed by atoms with van der Waals surface area (Å²) in [4.78, 5) is 2.81. The largest absolute Gasteiger partial charge is 0.494 e. The summed E-state index contributed by atoms with van der Waals surface area (Å²) in [5, 5.41) is 9.58. The third-order valence-electron chi connectivity index (χ3n) is 4.02. The maximum absolute atomic E-state index is 9.58. The summed E-state index contributed by atoms with van der Waals surface area (Å²) in [6, 6.07) is 7.55. The molecular weight excluding hydrogens is 284 g/mol. The molecule has 116 valence electrons. The van der Waals surface area contributed by atoms with E-state index >= 15 is 0 Å². The van der Waals surface area contributed by atoms with Crippen LogP contribution in [-0.2, 0) is 0 Å². The predicted octanol–water partition coefficient (Wildman–Crippen LogP) is 1.79. The average Bonchev–Trinajstić information content (AvgIpc) is 2.93. The van der Waals surface area contributed by atoms with Crippen molar-refractivity contribution in [2.45, 2.75) is 25.9 Å². The van der Waals surface area contributed by atoms with Crippen LogP contribution in [0.15, 0.2) is 24.3 Å². The van der Waals surface area contributed by atoms with Gasteiger partial charge in [0.2, 0.25) is 0 Å². The zero-order valence-electron chi connectivity index (χ0n) is 12.5. The number of nitrogens with zero attached hydrogens (tertiary/aromatic N) is 1. The van der Waals surface area contributed by atoms with Crippen LogP contribution >= 0.6 is 12.2 Å². The van der Waals surface area contributed by atoms with Crippen molar-refractivity contribution in [2.75, 3.05) is 26.2 Å². The average molecular weight is 308 g/mol. The van der Waals surface area contributed by atoms with E-state index in [-0.39, 0.29) is 6.10 Å². The maximum Gasteiger partial charge on any atom is 0.119 e. The minimum Gasteiger partial charge on any atom is -0.494 e. The second kappa shape index (κ2) is 7.73. The molecule has 1 aromatic carbocycles. The van der Waals surface area contributed by atoms with E-state index in [1.165, 1.54) is 0 Å². The van der Waals surface area contributed by atoms with E-state index in [1.807, 2.05) is 31.2 Å². The highest BCUT2D eigenvalue weighted by Gasteiger charge is 2.25. The monoisotopic (exact) mass is 308 g/mol. The van der Waals surface area contributed by atoms with Crippen LogP contribution in [0.2, 0.25) is 0 Å². The fourth-order valence-electron chi connectivity index (χ4n) is 2.65. The highest BCUT2D eigenvalue weighted by molar-refractivity contribution is 7.80. The van der Waals surface area contributed by atoms with E-state index in [0.29, 0.717) is 17.5 Å². The summed E-state index contributed by atoms with van der Waals surface area (Å²) in [7, 11) is 0. The van der Waals surface area contributed by atoms with E-state index in [4.69, 9.17) is 22.7 Å². The summed E-state index contributed by atoms with van der Waals surface area (Å²) < 4.78 is 5.71. The van der Waals surface area contributed by atoms with Gasteiger partial charge < -0.3 is 20.5 Å². The molecule has 0 radical (unpaired) electrons. The van der Waals surface area contributed by atoms with Gasteiger partial charge in [0.15, 0.2) is 0 Å². The molecule has 0 saturated carbocycles. The number of nitrogens with two attached hydrogens (primary N) is 1. The summed E-state index contributed by atoms with van der Waals surface area (Å²) in [6.07, 6.45) is 1.89. The van der Waals surface area contributed by atoms with E-state index in [2.05, 4.69) is 4.90 Å². The quantitative estimate of drug-likeness (QED) is 0.594. The Morgan fingerprint density at radius 1 is 1.48 bits per heavy atom. The highest BCUT2D eigenvalue weighted by atomic mass is 32.1. The van der Waals surface area contributed by atoms with Gasteiger partial charge in [-0.3, -0.25) is 0 Å². The zero-order valence-corrected chi connectivity index (χ0v) is 13.3. The molecule has 3 N–H and O–H groups in total. The fourth-order valence-corrected chi connectivity index (χ4v) is 2.79. The molecule has 0 aliphatic carbocycles. The van der Waals surface area contributed by atoms with Crippen molar-refractivity contribution in [3.63, 3.8) is 0 Å². The van der Waals surface area contributed by atoms with Crippen molar-refractivity contribution < 1.29 is 9.84 Å². The topological polar surface area (TPSA) is 58.7 Å². The molecule has 1 saturated heterocycles. The van der Waals surface area contributed by atoms with Crippen molar-refractivity contribution in [3.05, 3.63) is 29.8 Å². The molecule has 1 heterocycles. The van der Waals surface area contributed by atoms with Gasteiger partial charge in [0.25, 0.3) is 0 Å². The molecule has 0 amide bonds. The van der Waals surface area contributed by atoms with Gasteiger partial charge in [-0.05, 0) is 56.5 Å². The molecule has 2 atom stereocenters. The summed E-state index contributed by atoms with van der Waals surface area (Å²) in [5.74, 6) is 1.27. The van der Waals surface area contributed by atoms with Crippen LogP contribution in [0.4, 0.5) is 0 Å². The van der Waals surface area contributed by atoms with Crippen LogP contribution in [0.3, 0.4) is 0 Å². The Morgan fingerprint density at radius 2 is 2.19 bits per heavy atom. The van der Waals surface area contributed by atoms with E-state index in [0.717, 1.165) is 43.8 Å². The molecule has 1 fully saturated rings. The molecule has 0 aromatic heterocycles. The molecular formula is C16H24N2O2S. The third kappa shape index (κ3) is 4.95. The first-order valence-electron chi connectivity index (χ1n) is 7.49. The van der Waals surface area contributed by atoms with Crippen LogP contribution in [0.5, 0.6) is 5.75 Å². The number of aliphatic hydroxyl groups is 1. The van der Waals surface area contributed by atoms with Gasteiger partial charge in [-0.1, -0.05) is 12.2 Å². The molecule has 1 aromatic rings. The maximum atomic E-state index is 9.58. The minimum atomic E-state index is -0.196. The van der Waals surface area contributed by atoms with Gasteiger partial charge in [-0.15, -0.1) is 0 Å². The standard InChI is InChI=1S/C16H24N2O2S/c1-12(19)14-7-9-18(11-14)8-2-10-20-15-5-3-13(4-6-15)16(17)21/h3-6,12,14,19H,2,7-11H2,1H3,(H2,17,21).